The largest absolute Gasteiger partial charge is 0.151 e. The maximum Gasteiger partial charge on any atom is 0.0857 e. The molecule has 4 aromatic carbocycles. The van der Waals surface area contributed by atoms with E-state index in [4.69, 9.17) is 0 Å². The Bertz CT molecular complexity index is 1040. The topological polar surface area (TPSA) is 49.4 Å². The summed E-state index contributed by atoms with van der Waals surface area (Å²) >= 11 is 0. The molecule has 4 heteroatoms. The van der Waals surface area contributed by atoms with Gasteiger partial charge in [0.05, 0.1) is 22.7 Å². The van der Waals surface area contributed by atoms with Crippen LogP contribution in [0, 0.1) is 0 Å². The van der Waals surface area contributed by atoms with Gasteiger partial charge in [-0.25, -0.2) is 0 Å². The Kier molecular flexibility index (Phi) is 10.4. The van der Waals surface area contributed by atoms with Gasteiger partial charge in [0.2, 0.25) is 0 Å². The van der Waals surface area contributed by atoms with Crippen molar-refractivity contribution in [1.82, 2.24) is 0 Å². The molecule has 0 aliphatic carbocycles. The molecule has 0 N–H and O–H groups in total. The summed E-state index contributed by atoms with van der Waals surface area (Å²) in [6.45, 7) is 4.37. The van der Waals surface area contributed by atoms with Crippen LogP contribution in [-0.4, -0.2) is 0 Å². The lowest BCUT2D eigenvalue weighted by Crippen LogP contribution is -1.80. The molecule has 0 atom stereocenters. The number of hydrogen-bond donors (Lipinski definition) is 0. The molecule has 0 aliphatic rings. The molecule has 0 amide bonds. The van der Waals surface area contributed by atoms with Crippen LogP contribution < -0.4 is 0 Å². The zero-order valence-corrected chi connectivity index (χ0v) is 20.0. The lowest BCUT2D eigenvalue weighted by atomic mass is 10.1. The lowest BCUT2D eigenvalue weighted by molar-refractivity contribution is 0.921. The van der Waals surface area contributed by atoms with Crippen molar-refractivity contribution in [2.75, 3.05) is 0 Å². The molecule has 0 aromatic heterocycles. The number of azo groups is 2. The van der Waals surface area contributed by atoms with Gasteiger partial charge < -0.3 is 0 Å². The summed E-state index contributed by atoms with van der Waals surface area (Å²) in [4.78, 5) is 0. The number of aryl methyl sites for hydroxylation is 2. The molecule has 0 aliphatic heterocycles. The SMILES string of the molecule is CCCc1ccc(N=Nc2ccccc2)cc1.CCCc1ccc(N=Nc2ccccc2)cc1. The molecule has 0 spiro atoms. The van der Waals surface area contributed by atoms with E-state index in [1.807, 2.05) is 84.9 Å². The molecule has 0 saturated heterocycles. The van der Waals surface area contributed by atoms with E-state index in [2.05, 4.69) is 58.6 Å². The highest BCUT2D eigenvalue weighted by atomic mass is 15.1. The summed E-state index contributed by atoms with van der Waals surface area (Å²) in [6, 6.07) is 36.0. The van der Waals surface area contributed by atoms with Crippen LogP contribution >= 0.6 is 0 Å². The molecule has 4 rings (SSSR count). The van der Waals surface area contributed by atoms with Crippen molar-refractivity contribution >= 4 is 22.7 Å². The molecule has 4 aromatic rings. The fourth-order valence-electron chi connectivity index (χ4n) is 3.26. The molecule has 172 valence electrons. The number of rotatable bonds is 8. The summed E-state index contributed by atoms with van der Waals surface area (Å²) < 4.78 is 0. The van der Waals surface area contributed by atoms with Gasteiger partial charge in [0.1, 0.15) is 0 Å². The maximum absolute atomic E-state index is 4.20. The van der Waals surface area contributed by atoms with Crippen molar-refractivity contribution in [2.45, 2.75) is 39.5 Å². The molecule has 0 saturated carbocycles. The number of hydrogen-bond acceptors (Lipinski definition) is 4. The van der Waals surface area contributed by atoms with Crippen LogP contribution in [0.2, 0.25) is 0 Å². The van der Waals surface area contributed by atoms with Gasteiger partial charge in [-0.15, -0.1) is 0 Å². The zero-order valence-electron chi connectivity index (χ0n) is 20.0. The van der Waals surface area contributed by atoms with Gasteiger partial charge in [-0.05, 0) is 72.5 Å². The van der Waals surface area contributed by atoms with Crippen LogP contribution in [0.15, 0.2) is 130 Å². The van der Waals surface area contributed by atoms with E-state index in [0.29, 0.717) is 0 Å². The third kappa shape index (κ3) is 8.91. The first-order valence-corrected chi connectivity index (χ1v) is 11.9. The highest BCUT2D eigenvalue weighted by Crippen LogP contribution is 2.19. The minimum absolute atomic E-state index is 0.880. The van der Waals surface area contributed by atoms with Crippen molar-refractivity contribution in [3.63, 3.8) is 0 Å². The molecule has 4 nitrogen and oxygen atoms in total. The van der Waals surface area contributed by atoms with Crippen LogP contribution in [-0.2, 0) is 12.8 Å². The Labute approximate surface area is 203 Å². The van der Waals surface area contributed by atoms with Crippen molar-refractivity contribution in [2.24, 2.45) is 20.5 Å². The second-order valence-electron chi connectivity index (χ2n) is 7.90. The maximum atomic E-state index is 4.20. The van der Waals surface area contributed by atoms with Gasteiger partial charge in [0.15, 0.2) is 0 Å². The van der Waals surface area contributed by atoms with E-state index in [9.17, 15) is 0 Å². The van der Waals surface area contributed by atoms with Crippen molar-refractivity contribution in [1.29, 1.82) is 0 Å². The zero-order chi connectivity index (χ0) is 23.8. The first kappa shape index (κ1) is 24.7. The van der Waals surface area contributed by atoms with E-state index < -0.39 is 0 Å². The molecular weight excluding hydrogens is 416 g/mol. The number of benzene rings is 4. The minimum Gasteiger partial charge on any atom is -0.151 e. The quantitative estimate of drug-likeness (QED) is 0.241. The molecule has 34 heavy (non-hydrogen) atoms. The van der Waals surface area contributed by atoms with Gasteiger partial charge in [0, 0.05) is 0 Å². The Hall–Kier alpha value is -3.92. The first-order valence-electron chi connectivity index (χ1n) is 11.9. The van der Waals surface area contributed by atoms with E-state index >= 15 is 0 Å². The highest BCUT2D eigenvalue weighted by molar-refractivity contribution is 5.42. The first-order chi connectivity index (χ1) is 16.8. The van der Waals surface area contributed by atoms with Gasteiger partial charge in [-0.3, -0.25) is 0 Å². The average Bonchev–Trinajstić information content (AvgIpc) is 2.90. The summed E-state index contributed by atoms with van der Waals surface area (Å²) in [5, 5.41) is 16.8. The molecule has 0 unspecified atom stereocenters. The fraction of sp³-hybridized carbons (Fsp3) is 0.200. The molecule has 0 fully saturated rings. The van der Waals surface area contributed by atoms with Gasteiger partial charge in [-0.1, -0.05) is 87.4 Å². The van der Waals surface area contributed by atoms with E-state index in [0.717, 1.165) is 35.6 Å². The smallest absolute Gasteiger partial charge is 0.0857 e. The minimum atomic E-state index is 0.880. The van der Waals surface area contributed by atoms with Gasteiger partial charge >= 0.3 is 0 Å². The average molecular weight is 449 g/mol. The third-order valence-electron chi connectivity index (χ3n) is 5.02. The Morgan fingerprint density at radius 1 is 0.382 bits per heavy atom. The van der Waals surface area contributed by atoms with E-state index in [1.165, 1.54) is 24.0 Å². The summed E-state index contributed by atoms with van der Waals surface area (Å²) in [7, 11) is 0. The standard InChI is InChI=1S/2C15H16N2/c2*1-2-6-13-9-11-15(12-10-13)17-16-14-7-4-3-5-8-14/h2*3-5,7-12H,2,6H2,1H3. The summed E-state index contributed by atoms with van der Waals surface area (Å²) in [5.41, 5.74) is 6.26. The Morgan fingerprint density at radius 3 is 0.971 bits per heavy atom. The van der Waals surface area contributed by atoms with Crippen LogP contribution in [0.3, 0.4) is 0 Å². The molecule has 0 radical (unpaired) electrons. The van der Waals surface area contributed by atoms with Crippen molar-refractivity contribution in [3.8, 4) is 0 Å². The normalized spacial score (nSPS) is 10.9. The predicted molar refractivity (Wildman–Crippen MR) is 142 cm³/mol. The molecule has 0 bridgehead atoms. The van der Waals surface area contributed by atoms with Crippen LogP contribution in [0.25, 0.3) is 0 Å². The highest BCUT2D eigenvalue weighted by Gasteiger charge is 1.94. The predicted octanol–water partition coefficient (Wildman–Crippen LogP) is 10.1. The van der Waals surface area contributed by atoms with Gasteiger partial charge in [-0.2, -0.15) is 20.5 Å². The van der Waals surface area contributed by atoms with Crippen LogP contribution in [0.1, 0.15) is 37.8 Å². The summed E-state index contributed by atoms with van der Waals surface area (Å²) in [6.07, 6.45) is 4.59. The van der Waals surface area contributed by atoms with E-state index in [-0.39, 0.29) is 0 Å². The summed E-state index contributed by atoms with van der Waals surface area (Å²) in [5.74, 6) is 0. The van der Waals surface area contributed by atoms with Crippen molar-refractivity contribution in [3.05, 3.63) is 120 Å². The monoisotopic (exact) mass is 448 g/mol. The van der Waals surface area contributed by atoms with Crippen molar-refractivity contribution < 1.29 is 0 Å². The van der Waals surface area contributed by atoms with Crippen LogP contribution in [0.5, 0.6) is 0 Å². The fourth-order valence-corrected chi connectivity index (χ4v) is 3.26. The molecule has 0 heterocycles. The lowest BCUT2D eigenvalue weighted by Gasteiger charge is -1.98. The second-order valence-corrected chi connectivity index (χ2v) is 7.90. The number of nitrogens with zero attached hydrogens (tertiary/aromatic N) is 4. The third-order valence-corrected chi connectivity index (χ3v) is 5.02. The van der Waals surface area contributed by atoms with E-state index in [1.54, 1.807) is 0 Å². The molecular formula is C30H32N4. The van der Waals surface area contributed by atoms with Gasteiger partial charge in [0.25, 0.3) is 0 Å². The second kappa shape index (κ2) is 14.3. The van der Waals surface area contributed by atoms with Crippen LogP contribution in [0.4, 0.5) is 22.7 Å². The Morgan fingerprint density at radius 2 is 0.676 bits per heavy atom. The Balaban J connectivity index is 0.000000191.